The van der Waals surface area contributed by atoms with Crippen LogP contribution in [0.4, 0.5) is 11.4 Å². The third kappa shape index (κ3) is 4.47. The number of hydrogen-bond donors (Lipinski definition) is 1. The lowest BCUT2D eigenvalue weighted by atomic mass is 10.1. The monoisotopic (exact) mass is 449 g/mol. The Balaban J connectivity index is 1.50. The predicted molar refractivity (Wildman–Crippen MR) is 124 cm³/mol. The van der Waals surface area contributed by atoms with E-state index in [4.69, 9.17) is 11.6 Å². The molecule has 0 bridgehead atoms. The second-order valence-electron chi connectivity index (χ2n) is 6.78. The lowest BCUT2D eigenvalue weighted by Crippen LogP contribution is -2.14. The standard InChI is InChI=1S/C23H16ClN3O3S/c1-14-19(3-2-4-21(14)27(29)30)22(28)25-18-11-7-15(8-12-18)20-13-31-23(26-20)16-5-9-17(24)10-6-16/h2-13H,1H3,(H,25,28). The first-order valence-corrected chi connectivity index (χ1v) is 10.6. The number of carbonyl (C=O) groups is 1. The van der Waals surface area contributed by atoms with E-state index in [0.29, 0.717) is 16.3 Å². The molecule has 0 aliphatic rings. The van der Waals surface area contributed by atoms with Gasteiger partial charge in [-0.05, 0) is 37.3 Å². The van der Waals surface area contributed by atoms with Gasteiger partial charge in [0.05, 0.1) is 10.6 Å². The van der Waals surface area contributed by atoms with E-state index in [2.05, 4.69) is 10.3 Å². The smallest absolute Gasteiger partial charge is 0.273 e. The maximum atomic E-state index is 12.6. The number of nitro benzene ring substituents is 1. The van der Waals surface area contributed by atoms with Gasteiger partial charge in [-0.15, -0.1) is 11.3 Å². The molecular formula is C23H16ClN3O3S. The molecule has 31 heavy (non-hydrogen) atoms. The van der Waals surface area contributed by atoms with Gasteiger partial charge in [0, 0.05) is 44.4 Å². The fourth-order valence-corrected chi connectivity index (χ4v) is 4.08. The number of rotatable bonds is 5. The molecule has 0 saturated carbocycles. The van der Waals surface area contributed by atoms with Crippen molar-refractivity contribution in [2.45, 2.75) is 6.92 Å². The van der Waals surface area contributed by atoms with Crippen molar-refractivity contribution in [2.75, 3.05) is 5.32 Å². The van der Waals surface area contributed by atoms with Crippen LogP contribution in [0.3, 0.4) is 0 Å². The summed E-state index contributed by atoms with van der Waals surface area (Å²) in [5.41, 5.74) is 3.86. The van der Waals surface area contributed by atoms with Crippen LogP contribution in [-0.4, -0.2) is 15.8 Å². The van der Waals surface area contributed by atoms with Crippen molar-refractivity contribution in [3.8, 4) is 21.8 Å². The summed E-state index contributed by atoms with van der Waals surface area (Å²) in [6, 6.07) is 19.3. The Kier molecular flexibility index (Phi) is 5.79. The molecule has 0 aliphatic carbocycles. The minimum absolute atomic E-state index is 0.0805. The van der Waals surface area contributed by atoms with Crippen molar-refractivity contribution in [1.82, 2.24) is 4.98 Å². The van der Waals surface area contributed by atoms with E-state index >= 15 is 0 Å². The molecule has 4 rings (SSSR count). The summed E-state index contributed by atoms with van der Waals surface area (Å²) in [6.45, 7) is 1.57. The molecule has 1 N–H and O–H groups in total. The van der Waals surface area contributed by atoms with Gasteiger partial charge in [-0.25, -0.2) is 4.98 Å². The number of nitrogens with zero attached hydrogens (tertiary/aromatic N) is 2. The Morgan fingerprint density at radius 3 is 2.39 bits per heavy atom. The van der Waals surface area contributed by atoms with E-state index in [-0.39, 0.29) is 11.3 Å². The van der Waals surface area contributed by atoms with Gasteiger partial charge < -0.3 is 5.32 Å². The highest BCUT2D eigenvalue weighted by Gasteiger charge is 2.18. The molecule has 0 aliphatic heterocycles. The molecular weight excluding hydrogens is 434 g/mol. The fourth-order valence-electron chi connectivity index (χ4n) is 3.12. The first kappa shape index (κ1) is 20.7. The first-order valence-electron chi connectivity index (χ1n) is 9.29. The van der Waals surface area contributed by atoms with E-state index < -0.39 is 10.8 Å². The Morgan fingerprint density at radius 2 is 1.71 bits per heavy atom. The summed E-state index contributed by atoms with van der Waals surface area (Å²) in [6.07, 6.45) is 0. The van der Waals surface area contributed by atoms with E-state index in [1.165, 1.54) is 12.1 Å². The summed E-state index contributed by atoms with van der Waals surface area (Å²) in [4.78, 5) is 27.9. The quantitative estimate of drug-likeness (QED) is 0.274. The lowest BCUT2D eigenvalue weighted by Gasteiger charge is -2.08. The van der Waals surface area contributed by atoms with Crippen LogP contribution in [-0.2, 0) is 0 Å². The van der Waals surface area contributed by atoms with E-state index in [0.717, 1.165) is 21.8 Å². The predicted octanol–water partition coefficient (Wildman–Crippen LogP) is 6.60. The number of nitro groups is 1. The number of carbonyl (C=O) groups excluding carboxylic acids is 1. The molecule has 6 nitrogen and oxygen atoms in total. The van der Waals surface area contributed by atoms with Crippen LogP contribution in [0.1, 0.15) is 15.9 Å². The average Bonchev–Trinajstić information content (AvgIpc) is 3.25. The normalized spacial score (nSPS) is 10.6. The number of benzene rings is 3. The first-order chi connectivity index (χ1) is 14.9. The number of amides is 1. The highest BCUT2D eigenvalue weighted by Crippen LogP contribution is 2.30. The summed E-state index contributed by atoms with van der Waals surface area (Å²) in [5, 5.41) is 17.4. The van der Waals surface area contributed by atoms with Gasteiger partial charge in [0.25, 0.3) is 11.6 Å². The highest BCUT2D eigenvalue weighted by atomic mass is 35.5. The van der Waals surface area contributed by atoms with Crippen molar-refractivity contribution in [1.29, 1.82) is 0 Å². The van der Waals surface area contributed by atoms with Crippen molar-refractivity contribution < 1.29 is 9.72 Å². The third-order valence-electron chi connectivity index (χ3n) is 4.78. The summed E-state index contributed by atoms with van der Waals surface area (Å²) in [7, 11) is 0. The van der Waals surface area contributed by atoms with Crippen LogP contribution < -0.4 is 5.32 Å². The van der Waals surface area contributed by atoms with Crippen LogP contribution in [0.5, 0.6) is 0 Å². The fraction of sp³-hybridized carbons (Fsp3) is 0.0435. The van der Waals surface area contributed by atoms with Crippen LogP contribution >= 0.6 is 22.9 Å². The second kappa shape index (κ2) is 8.67. The number of nitrogens with one attached hydrogen (secondary N) is 1. The average molecular weight is 450 g/mol. The minimum Gasteiger partial charge on any atom is -0.322 e. The van der Waals surface area contributed by atoms with E-state index in [1.807, 2.05) is 41.8 Å². The Morgan fingerprint density at radius 1 is 1.03 bits per heavy atom. The van der Waals surface area contributed by atoms with Crippen LogP contribution in [0.25, 0.3) is 21.8 Å². The van der Waals surface area contributed by atoms with Crippen molar-refractivity contribution in [3.63, 3.8) is 0 Å². The van der Waals surface area contributed by atoms with Crippen molar-refractivity contribution >= 4 is 40.2 Å². The molecule has 0 radical (unpaired) electrons. The second-order valence-corrected chi connectivity index (χ2v) is 8.08. The molecule has 4 aromatic rings. The highest BCUT2D eigenvalue weighted by molar-refractivity contribution is 7.13. The molecule has 1 aromatic heterocycles. The zero-order chi connectivity index (χ0) is 22.0. The summed E-state index contributed by atoms with van der Waals surface area (Å²) >= 11 is 7.49. The summed E-state index contributed by atoms with van der Waals surface area (Å²) < 4.78 is 0. The number of anilines is 1. The minimum atomic E-state index is -0.493. The lowest BCUT2D eigenvalue weighted by molar-refractivity contribution is -0.385. The molecule has 0 atom stereocenters. The molecule has 0 spiro atoms. The van der Waals surface area contributed by atoms with Gasteiger partial charge in [0.15, 0.2) is 0 Å². The van der Waals surface area contributed by atoms with Gasteiger partial charge in [0.1, 0.15) is 5.01 Å². The molecule has 8 heteroatoms. The maximum absolute atomic E-state index is 12.6. The summed E-state index contributed by atoms with van der Waals surface area (Å²) in [5.74, 6) is -0.396. The zero-order valence-corrected chi connectivity index (χ0v) is 17.9. The van der Waals surface area contributed by atoms with Crippen molar-refractivity contribution in [2.24, 2.45) is 0 Å². The van der Waals surface area contributed by atoms with Gasteiger partial charge in [0.2, 0.25) is 0 Å². The SMILES string of the molecule is Cc1c(C(=O)Nc2ccc(-c3csc(-c4ccc(Cl)cc4)n3)cc2)cccc1[N+](=O)[O-]. The molecule has 1 amide bonds. The molecule has 0 fully saturated rings. The van der Waals surface area contributed by atoms with Gasteiger partial charge in [-0.2, -0.15) is 0 Å². The van der Waals surface area contributed by atoms with E-state index in [9.17, 15) is 14.9 Å². The molecule has 0 saturated heterocycles. The largest absolute Gasteiger partial charge is 0.322 e. The van der Waals surface area contributed by atoms with Gasteiger partial charge in [-0.1, -0.05) is 41.9 Å². The van der Waals surface area contributed by atoms with Gasteiger partial charge in [-0.3, -0.25) is 14.9 Å². The number of thiazole rings is 1. The number of aromatic nitrogens is 1. The Bertz CT molecular complexity index is 1270. The maximum Gasteiger partial charge on any atom is 0.273 e. The Labute approximate surface area is 187 Å². The molecule has 3 aromatic carbocycles. The third-order valence-corrected chi connectivity index (χ3v) is 5.92. The molecule has 0 unspecified atom stereocenters. The van der Waals surface area contributed by atoms with Crippen molar-refractivity contribution in [3.05, 3.63) is 98.4 Å². The molecule has 154 valence electrons. The Hall–Kier alpha value is -3.55. The number of hydrogen-bond acceptors (Lipinski definition) is 5. The van der Waals surface area contributed by atoms with Gasteiger partial charge >= 0.3 is 0 Å². The van der Waals surface area contributed by atoms with E-state index in [1.54, 1.807) is 36.5 Å². The topological polar surface area (TPSA) is 85.1 Å². The van der Waals surface area contributed by atoms with Crippen LogP contribution in [0.15, 0.2) is 72.1 Å². The van der Waals surface area contributed by atoms with Crippen LogP contribution in [0.2, 0.25) is 5.02 Å². The zero-order valence-electron chi connectivity index (χ0n) is 16.3. The number of halogens is 1. The van der Waals surface area contributed by atoms with Crippen LogP contribution in [0, 0.1) is 17.0 Å². The molecule has 1 heterocycles.